The first kappa shape index (κ1) is 26.3. The lowest BCUT2D eigenvalue weighted by atomic mass is 10.0. The van der Waals surface area contributed by atoms with E-state index in [0.717, 1.165) is 63.3 Å². The number of imidazole rings is 3. The molecule has 0 aliphatic rings. The third-order valence-corrected chi connectivity index (χ3v) is 8.12. The standard InChI is InChI=1S/C34H40N6/c1-10-16-38-28-18-24(32-36-29-21(4)12-11-13-27(29)40(32)20(2)3)17-22(5)30(28)37-33(38)25-14-15-26-31(23(25)6)35-19-39(26)34(7,8)9/h11-15,17-20H,10,16H2,1-9H3. The van der Waals surface area contributed by atoms with Crippen molar-refractivity contribution < 1.29 is 0 Å². The quantitative estimate of drug-likeness (QED) is 0.223. The van der Waals surface area contributed by atoms with Crippen molar-refractivity contribution >= 4 is 33.1 Å². The van der Waals surface area contributed by atoms with Crippen molar-refractivity contribution in [2.24, 2.45) is 0 Å². The molecule has 0 aliphatic carbocycles. The van der Waals surface area contributed by atoms with E-state index in [1.54, 1.807) is 0 Å². The summed E-state index contributed by atoms with van der Waals surface area (Å²) >= 11 is 0. The molecule has 0 N–H and O–H groups in total. The van der Waals surface area contributed by atoms with Crippen LogP contribution in [0.15, 0.2) is 48.8 Å². The van der Waals surface area contributed by atoms with Crippen LogP contribution >= 0.6 is 0 Å². The van der Waals surface area contributed by atoms with E-state index in [9.17, 15) is 0 Å². The van der Waals surface area contributed by atoms with E-state index in [4.69, 9.17) is 15.0 Å². The predicted octanol–water partition coefficient (Wildman–Crippen LogP) is 8.74. The number of para-hydroxylation sites is 1. The molecule has 0 aliphatic heterocycles. The Morgan fingerprint density at radius 3 is 2.23 bits per heavy atom. The van der Waals surface area contributed by atoms with Gasteiger partial charge in [0.15, 0.2) is 0 Å². The maximum Gasteiger partial charge on any atom is 0.141 e. The van der Waals surface area contributed by atoms with Gasteiger partial charge in [0.1, 0.15) is 11.6 Å². The predicted molar refractivity (Wildman–Crippen MR) is 167 cm³/mol. The molecule has 0 spiro atoms. The SMILES string of the molecule is CCCn1c(-c2ccc3c(ncn3C(C)(C)C)c2C)nc2c(C)cc(-c3nc4c(C)cccc4n3C(C)C)cc21. The van der Waals surface area contributed by atoms with E-state index in [1.807, 2.05) is 6.33 Å². The molecule has 6 heteroatoms. The molecular weight excluding hydrogens is 492 g/mol. The average molecular weight is 533 g/mol. The van der Waals surface area contributed by atoms with Gasteiger partial charge in [0.05, 0.1) is 39.4 Å². The third kappa shape index (κ3) is 3.95. The summed E-state index contributed by atoms with van der Waals surface area (Å²) in [6.45, 7) is 20.7. The van der Waals surface area contributed by atoms with E-state index >= 15 is 0 Å². The highest BCUT2D eigenvalue weighted by atomic mass is 15.1. The summed E-state index contributed by atoms with van der Waals surface area (Å²) in [4.78, 5) is 15.3. The first-order chi connectivity index (χ1) is 19.0. The van der Waals surface area contributed by atoms with Crippen molar-refractivity contribution in [3.8, 4) is 22.8 Å². The Balaban J connectivity index is 1.59. The first-order valence-electron chi connectivity index (χ1n) is 14.5. The minimum atomic E-state index is -0.0311. The molecule has 0 saturated carbocycles. The lowest BCUT2D eigenvalue weighted by Gasteiger charge is -2.22. The van der Waals surface area contributed by atoms with Gasteiger partial charge in [-0.15, -0.1) is 0 Å². The number of aryl methyl sites for hydroxylation is 4. The van der Waals surface area contributed by atoms with Crippen LogP contribution in [0.3, 0.4) is 0 Å². The second-order valence-electron chi connectivity index (χ2n) is 12.5. The third-order valence-electron chi connectivity index (χ3n) is 8.12. The van der Waals surface area contributed by atoms with Crippen LogP contribution in [0.2, 0.25) is 0 Å². The van der Waals surface area contributed by atoms with Crippen molar-refractivity contribution in [1.82, 2.24) is 28.7 Å². The van der Waals surface area contributed by atoms with Gasteiger partial charge in [-0.1, -0.05) is 19.1 Å². The zero-order chi connectivity index (χ0) is 28.5. The molecule has 0 fully saturated rings. The Labute approximate surface area is 236 Å². The second kappa shape index (κ2) is 9.33. The molecule has 6 nitrogen and oxygen atoms in total. The summed E-state index contributed by atoms with van der Waals surface area (Å²) in [6.07, 6.45) is 2.99. The Bertz CT molecular complexity index is 1900. The summed E-state index contributed by atoms with van der Waals surface area (Å²) in [5.74, 6) is 2.02. The smallest absolute Gasteiger partial charge is 0.141 e. The lowest BCUT2D eigenvalue weighted by molar-refractivity contribution is 0.408. The maximum atomic E-state index is 5.27. The molecule has 3 heterocycles. The Morgan fingerprint density at radius 2 is 1.52 bits per heavy atom. The van der Waals surface area contributed by atoms with Crippen molar-refractivity contribution in [3.05, 3.63) is 65.5 Å². The van der Waals surface area contributed by atoms with E-state index in [2.05, 4.69) is 118 Å². The van der Waals surface area contributed by atoms with Gasteiger partial charge in [0.25, 0.3) is 0 Å². The molecule has 3 aromatic carbocycles. The maximum absolute atomic E-state index is 5.27. The summed E-state index contributed by atoms with van der Waals surface area (Å²) in [7, 11) is 0. The number of benzene rings is 3. The average Bonchev–Trinajstić information content (AvgIpc) is 3.59. The van der Waals surface area contributed by atoms with Crippen molar-refractivity contribution in [1.29, 1.82) is 0 Å². The normalized spacial score (nSPS) is 12.6. The highest BCUT2D eigenvalue weighted by Crippen LogP contribution is 2.37. The van der Waals surface area contributed by atoms with Gasteiger partial charge >= 0.3 is 0 Å². The fourth-order valence-corrected chi connectivity index (χ4v) is 6.16. The zero-order valence-corrected chi connectivity index (χ0v) is 25.3. The molecule has 0 radical (unpaired) electrons. The fraction of sp³-hybridized carbons (Fsp3) is 0.382. The van der Waals surface area contributed by atoms with Crippen molar-refractivity contribution in [2.75, 3.05) is 0 Å². The van der Waals surface area contributed by atoms with E-state index in [-0.39, 0.29) is 11.6 Å². The number of nitrogens with zero attached hydrogens (tertiary/aromatic N) is 6. The molecule has 0 bridgehead atoms. The number of rotatable bonds is 5. The van der Waals surface area contributed by atoms with Gasteiger partial charge < -0.3 is 13.7 Å². The minimum Gasteiger partial charge on any atom is -0.325 e. The van der Waals surface area contributed by atoms with E-state index in [0.29, 0.717) is 0 Å². The molecule has 3 aromatic heterocycles. The largest absolute Gasteiger partial charge is 0.325 e. The monoisotopic (exact) mass is 532 g/mol. The fourth-order valence-electron chi connectivity index (χ4n) is 6.16. The number of fused-ring (bicyclic) bond motifs is 3. The summed E-state index contributed by atoms with van der Waals surface area (Å²) < 4.78 is 7.02. The van der Waals surface area contributed by atoms with Gasteiger partial charge in [-0.05, 0) is 109 Å². The molecular formula is C34H40N6. The Morgan fingerprint density at radius 1 is 0.800 bits per heavy atom. The van der Waals surface area contributed by atoms with Crippen LogP contribution in [0.1, 0.15) is 70.7 Å². The topological polar surface area (TPSA) is 53.5 Å². The summed E-state index contributed by atoms with van der Waals surface area (Å²) in [5, 5.41) is 0. The number of hydrogen-bond acceptors (Lipinski definition) is 3. The van der Waals surface area contributed by atoms with E-state index in [1.165, 1.54) is 22.2 Å². The number of aromatic nitrogens is 6. The molecule has 6 rings (SSSR count). The van der Waals surface area contributed by atoms with E-state index < -0.39 is 0 Å². The van der Waals surface area contributed by atoms with Crippen LogP contribution in [0.4, 0.5) is 0 Å². The van der Waals surface area contributed by atoms with Gasteiger partial charge in [-0.2, -0.15) is 0 Å². The molecule has 6 aromatic rings. The Hall–Kier alpha value is -3.93. The van der Waals surface area contributed by atoms with Crippen molar-refractivity contribution in [3.63, 3.8) is 0 Å². The highest BCUT2D eigenvalue weighted by molar-refractivity contribution is 5.92. The number of hydrogen-bond donors (Lipinski definition) is 0. The molecule has 0 atom stereocenters. The van der Waals surface area contributed by atoms with Crippen LogP contribution < -0.4 is 0 Å². The summed E-state index contributed by atoms with van der Waals surface area (Å²) in [5.41, 5.74) is 12.5. The van der Waals surface area contributed by atoms with Gasteiger partial charge in [-0.3, -0.25) is 0 Å². The molecule has 0 saturated heterocycles. The first-order valence-corrected chi connectivity index (χ1v) is 14.5. The molecule has 40 heavy (non-hydrogen) atoms. The molecule has 0 unspecified atom stereocenters. The molecule has 0 amide bonds. The van der Waals surface area contributed by atoms with Crippen molar-refractivity contribution in [2.45, 2.75) is 86.9 Å². The van der Waals surface area contributed by atoms with Crippen LogP contribution in [0, 0.1) is 20.8 Å². The zero-order valence-electron chi connectivity index (χ0n) is 25.3. The Kier molecular flexibility index (Phi) is 6.13. The van der Waals surface area contributed by atoms with Gasteiger partial charge in [0.2, 0.25) is 0 Å². The van der Waals surface area contributed by atoms with Gasteiger partial charge in [-0.25, -0.2) is 15.0 Å². The van der Waals surface area contributed by atoms with Crippen LogP contribution in [0.5, 0.6) is 0 Å². The van der Waals surface area contributed by atoms with Crippen LogP contribution in [-0.2, 0) is 12.1 Å². The lowest BCUT2D eigenvalue weighted by Crippen LogP contribution is -2.20. The van der Waals surface area contributed by atoms with Gasteiger partial charge in [0, 0.05) is 29.3 Å². The minimum absolute atomic E-state index is 0.0311. The molecule has 206 valence electrons. The highest BCUT2D eigenvalue weighted by Gasteiger charge is 2.23. The van der Waals surface area contributed by atoms with Crippen LogP contribution in [0.25, 0.3) is 55.9 Å². The van der Waals surface area contributed by atoms with Crippen LogP contribution in [-0.4, -0.2) is 28.7 Å². The second-order valence-corrected chi connectivity index (χ2v) is 12.5. The summed E-state index contributed by atoms with van der Waals surface area (Å²) in [6, 6.07) is 15.7.